The van der Waals surface area contributed by atoms with Gasteiger partial charge in [-0.25, -0.2) is 9.18 Å². The summed E-state index contributed by atoms with van der Waals surface area (Å²) in [5, 5.41) is 14.0. The predicted octanol–water partition coefficient (Wildman–Crippen LogP) is 1.86. The zero-order chi connectivity index (χ0) is 16.4. The number of ether oxygens (including phenoxy) is 1. The minimum absolute atomic E-state index is 0.0760. The van der Waals surface area contributed by atoms with Gasteiger partial charge in [0.1, 0.15) is 5.82 Å². The molecule has 1 aromatic carbocycles. The first kappa shape index (κ1) is 15.7. The normalized spacial score (nSPS) is 24.0. The van der Waals surface area contributed by atoms with Crippen LogP contribution in [0.4, 0.5) is 9.18 Å². The summed E-state index contributed by atoms with van der Waals surface area (Å²) in [5.41, 5.74) is 0.789. The van der Waals surface area contributed by atoms with Crippen LogP contribution in [-0.4, -0.2) is 42.4 Å². The van der Waals surface area contributed by atoms with Gasteiger partial charge in [-0.05, 0) is 43.0 Å². The van der Waals surface area contributed by atoms with E-state index in [1.54, 1.807) is 0 Å². The number of carbonyl (C=O) groups is 2. The van der Waals surface area contributed by atoms with E-state index in [-0.39, 0.29) is 23.9 Å². The second-order valence-corrected chi connectivity index (χ2v) is 5.99. The molecule has 2 amide bonds. The molecule has 6 nitrogen and oxygen atoms in total. The third-order valence-electron chi connectivity index (χ3n) is 4.31. The summed E-state index contributed by atoms with van der Waals surface area (Å²) in [6.07, 6.45) is 0.972. The van der Waals surface area contributed by atoms with E-state index in [2.05, 4.69) is 10.6 Å². The number of benzene rings is 1. The SMILES string of the molecule is O=C(O)NC1CC1c1cc(C(=O)NC2CCOCC2)ccc1F. The van der Waals surface area contributed by atoms with Crippen LogP contribution < -0.4 is 10.6 Å². The van der Waals surface area contributed by atoms with Crippen LogP contribution in [0.25, 0.3) is 0 Å². The van der Waals surface area contributed by atoms with E-state index in [1.807, 2.05) is 0 Å². The lowest BCUT2D eigenvalue weighted by Crippen LogP contribution is -2.38. The molecule has 1 aromatic rings. The van der Waals surface area contributed by atoms with Crippen molar-refractivity contribution in [1.82, 2.24) is 10.6 Å². The highest BCUT2D eigenvalue weighted by Crippen LogP contribution is 2.42. The van der Waals surface area contributed by atoms with E-state index in [9.17, 15) is 14.0 Å². The van der Waals surface area contributed by atoms with Crippen molar-refractivity contribution in [2.45, 2.75) is 37.3 Å². The van der Waals surface area contributed by atoms with Gasteiger partial charge >= 0.3 is 6.09 Å². The largest absolute Gasteiger partial charge is 0.465 e. The van der Waals surface area contributed by atoms with Crippen molar-refractivity contribution in [3.8, 4) is 0 Å². The Morgan fingerprint density at radius 3 is 2.65 bits per heavy atom. The van der Waals surface area contributed by atoms with Crippen LogP contribution in [0, 0.1) is 5.82 Å². The van der Waals surface area contributed by atoms with E-state index in [0.29, 0.717) is 30.8 Å². The molecule has 2 unspecified atom stereocenters. The number of halogens is 1. The van der Waals surface area contributed by atoms with Gasteiger partial charge in [-0.2, -0.15) is 0 Å². The second kappa shape index (κ2) is 6.54. The Morgan fingerprint density at radius 2 is 1.96 bits per heavy atom. The molecule has 0 bridgehead atoms. The molecule has 0 aromatic heterocycles. The second-order valence-electron chi connectivity index (χ2n) is 5.99. The molecule has 2 atom stereocenters. The molecule has 1 saturated carbocycles. The van der Waals surface area contributed by atoms with E-state index in [4.69, 9.17) is 9.84 Å². The molecule has 124 valence electrons. The molecule has 7 heteroatoms. The number of carbonyl (C=O) groups excluding carboxylic acids is 1. The zero-order valence-corrected chi connectivity index (χ0v) is 12.5. The Labute approximate surface area is 133 Å². The first-order valence-corrected chi connectivity index (χ1v) is 7.72. The lowest BCUT2D eigenvalue weighted by atomic mass is 10.0. The highest BCUT2D eigenvalue weighted by atomic mass is 19.1. The standard InChI is InChI=1S/C16H19FN2O4/c17-13-2-1-9(15(20)18-10-3-5-23-6-4-10)7-11(13)12-8-14(12)19-16(21)22/h1-2,7,10,12,14,19H,3-6,8H2,(H,18,20)(H,21,22). The minimum Gasteiger partial charge on any atom is -0.465 e. The lowest BCUT2D eigenvalue weighted by molar-refractivity contribution is 0.0696. The summed E-state index contributed by atoms with van der Waals surface area (Å²) in [4.78, 5) is 22.9. The first-order valence-electron chi connectivity index (χ1n) is 7.72. The molecular weight excluding hydrogens is 303 g/mol. The van der Waals surface area contributed by atoms with Gasteiger partial charge in [0, 0.05) is 36.8 Å². The van der Waals surface area contributed by atoms with E-state index < -0.39 is 11.9 Å². The Hall–Kier alpha value is -2.15. The predicted molar refractivity (Wildman–Crippen MR) is 80.0 cm³/mol. The summed E-state index contributed by atoms with van der Waals surface area (Å²) < 4.78 is 19.2. The van der Waals surface area contributed by atoms with Crippen LogP contribution in [-0.2, 0) is 4.74 Å². The monoisotopic (exact) mass is 322 g/mol. The number of rotatable bonds is 4. The highest BCUT2D eigenvalue weighted by molar-refractivity contribution is 5.94. The molecule has 0 spiro atoms. The summed E-state index contributed by atoms with van der Waals surface area (Å²) >= 11 is 0. The molecule has 1 aliphatic carbocycles. The molecule has 3 N–H and O–H groups in total. The van der Waals surface area contributed by atoms with Gasteiger partial charge in [0.15, 0.2) is 0 Å². The Bertz CT molecular complexity index is 616. The van der Waals surface area contributed by atoms with Crippen LogP contribution in [0.15, 0.2) is 18.2 Å². The lowest BCUT2D eigenvalue weighted by Gasteiger charge is -2.23. The summed E-state index contributed by atoms with van der Waals surface area (Å²) in [6.45, 7) is 1.26. The summed E-state index contributed by atoms with van der Waals surface area (Å²) in [5.74, 6) is -0.851. The number of hydrogen-bond acceptors (Lipinski definition) is 3. The maximum absolute atomic E-state index is 14.0. The molecule has 1 aliphatic heterocycles. The van der Waals surface area contributed by atoms with Gasteiger partial charge in [0.25, 0.3) is 5.91 Å². The maximum atomic E-state index is 14.0. The Kier molecular flexibility index (Phi) is 4.47. The molecule has 1 saturated heterocycles. The van der Waals surface area contributed by atoms with Crippen LogP contribution >= 0.6 is 0 Å². The van der Waals surface area contributed by atoms with E-state index in [1.165, 1.54) is 18.2 Å². The van der Waals surface area contributed by atoms with Crippen LogP contribution in [0.1, 0.15) is 41.1 Å². The molecule has 0 radical (unpaired) electrons. The molecular formula is C16H19FN2O4. The average Bonchev–Trinajstić information content (AvgIpc) is 3.26. The Morgan fingerprint density at radius 1 is 1.22 bits per heavy atom. The maximum Gasteiger partial charge on any atom is 0.404 e. The van der Waals surface area contributed by atoms with Crippen LogP contribution in [0.5, 0.6) is 0 Å². The number of hydrogen-bond donors (Lipinski definition) is 3. The number of nitrogens with one attached hydrogen (secondary N) is 2. The molecule has 3 rings (SSSR count). The van der Waals surface area contributed by atoms with Gasteiger partial charge in [-0.15, -0.1) is 0 Å². The minimum atomic E-state index is -1.12. The van der Waals surface area contributed by atoms with E-state index >= 15 is 0 Å². The summed E-state index contributed by atoms with van der Waals surface area (Å²) in [6, 6.07) is 4.04. The molecule has 1 heterocycles. The molecule has 23 heavy (non-hydrogen) atoms. The average molecular weight is 322 g/mol. The summed E-state index contributed by atoms with van der Waals surface area (Å²) in [7, 11) is 0. The van der Waals surface area contributed by atoms with Crippen molar-refractivity contribution in [2.24, 2.45) is 0 Å². The third kappa shape index (κ3) is 3.79. The zero-order valence-electron chi connectivity index (χ0n) is 12.5. The van der Waals surface area contributed by atoms with Crippen LogP contribution in [0.2, 0.25) is 0 Å². The van der Waals surface area contributed by atoms with Crippen molar-refractivity contribution < 1.29 is 23.8 Å². The van der Waals surface area contributed by atoms with Crippen molar-refractivity contribution in [1.29, 1.82) is 0 Å². The molecule has 2 fully saturated rings. The number of carboxylic acid groups (broad SMARTS) is 1. The van der Waals surface area contributed by atoms with Crippen molar-refractivity contribution in [3.63, 3.8) is 0 Å². The van der Waals surface area contributed by atoms with Gasteiger partial charge in [0.05, 0.1) is 0 Å². The smallest absolute Gasteiger partial charge is 0.404 e. The number of amides is 2. The van der Waals surface area contributed by atoms with E-state index in [0.717, 1.165) is 12.8 Å². The fourth-order valence-electron chi connectivity index (χ4n) is 2.94. The van der Waals surface area contributed by atoms with Gasteiger partial charge in [0.2, 0.25) is 0 Å². The fourth-order valence-corrected chi connectivity index (χ4v) is 2.94. The third-order valence-corrected chi connectivity index (χ3v) is 4.31. The highest BCUT2D eigenvalue weighted by Gasteiger charge is 2.41. The van der Waals surface area contributed by atoms with Crippen molar-refractivity contribution in [3.05, 3.63) is 35.1 Å². The van der Waals surface area contributed by atoms with Gasteiger partial charge < -0.3 is 20.5 Å². The quantitative estimate of drug-likeness (QED) is 0.789. The first-order chi connectivity index (χ1) is 11.0. The molecule has 2 aliphatic rings. The fraction of sp³-hybridized carbons (Fsp3) is 0.500. The van der Waals surface area contributed by atoms with Gasteiger partial charge in [-0.1, -0.05) is 0 Å². The van der Waals surface area contributed by atoms with Crippen molar-refractivity contribution >= 4 is 12.0 Å². The topological polar surface area (TPSA) is 87.7 Å². The van der Waals surface area contributed by atoms with Crippen molar-refractivity contribution in [2.75, 3.05) is 13.2 Å². The van der Waals surface area contributed by atoms with Crippen LogP contribution in [0.3, 0.4) is 0 Å². The van der Waals surface area contributed by atoms with Gasteiger partial charge in [-0.3, -0.25) is 4.79 Å². The Balaban J connectivity index is 1.67.